The first kappa shape index (κ1) is 16.3. The van der Waals surface area contributed by atoms with Crippen molar-refractivity contribution in [2.75, 3.05) is 13.1 Å². The van der Waals surface area contributed by atoms with Gasteiger partial charge in [0.2, 0.25) is 0 Å². The van der Waals surface area contributed by atoms with Crippen LogP contribution < -0.4 is 0 Å². The second-order valence-corrected chi connectivity index (χ2v) is 6.40. The highest BCUT2D eigenvalue weighted by molar-refractivity contribution is 5.76. The molecular weight excluding hydrogens is 300 g/mol. The van der Waals surface area contributed by atoms with Crippen molar-refractivity contribution in [3.8, 4) is 0 Å². The van der Waals surface area contributed by atoms with Crippen molar-refractivity contribution < 1.29 is 13.9 Å². The van der Waals surface area contributed by atoms with Gasteiger partial charge in [-0.1, -0.05) is 12.1 Å². The molecule has 1 aromatic heterocycles. The van der Waals surface area contributed by atoms with E-state index >= 15 is 0 Å². The summed E-state index contributed by atoms with van der Waals surface area (Å²) in [6, 6.07) is 6.85. The van der Waals surface area contributed by atoms with Crippen molar-refractivity contribution in [2.45, 2.75) is 45.4 Å². The fraction of sp³-hybridized carbons (Fsp3) is 0.588. The van der Waals surface area contributed by atoms with Gasteiger partial charge in [-0.25, -0.2) is 4.98 Å². The van der Waals surface area contributed by atoms with Crippen LogP contribution in [0.5, 0.6) is 0 Å². The minimum absolute atomic E-state index is 0.175. The molecule has 0 saturated carbocycles. The van der Waals surface area contributed by atoms with Gasteiger partial charge in [-0.2, -0.15) is 8.78 Å². The second-order valence-electron chi connectivity index (χ2n) is 6.40. The van der Waals surface area contributed by atoms with E-state index in [9.17, 15) is 13.9 Å². The summed E-state index contributed by atoms with van der Waals surface area (Å²) < 4.78 is 28.2. The number of benzene rings is 1. The third-order valence-electron chi connectivity index (χ3n) is 5.00. The zero-order valence-electron chi connectivity index (χ0n) is 13.5. The van der Waals surface area contributed by atoms with Crippen LogP contribution in [-0.2, 0) is 0 Å². The van der Waals surface area contributed by atoms with Crippen molar-refractivity contribution in [2.24, 2.45) is 5.92 Å². The molecular formula is C17H23F2N3O. The van der Waals surface area contributed by atoms with E-state index < -0.39 is 6.55 Å². The average Bonchev–Trinajstić information content (AvgIpc) is 2.93. The topological polar surface area (TPSA) is 41.3 Å². The van der Waals surface area contributed by atoms with E-state index in [0.717, 1.165) is 30.5 Å². The van der Waals surface area contributed by atoms with Crippen LogP contribution in [0.4, 0.5) is 8.78 Å². The second kappa shape index (κ2) is 6.53. The third kappa shape index (κ3) is 3.10. The summed E-state index contributed by atoms with van der Waals surface area (Å²) in [5.74, 6) is 0.712. The number of piperidine rings is 1. The molecule has 2 aromatic rings. The normalized spacial score (nSPS) is 20.3. The zero-order valence-corrected chi connectivity index (χ0v) is 13.5. The van der Waals surface area contributed by atoms with E-state index in [-0.39, 0.29) is 12.1 Å². The SMILES string of the molecule is CC(O)C1CCN(C(C)c2nc3ccccc3n2C(F)F)CC1. The lowest BCUT2D eigenvalue weighted by Crippen LogP contribution is -2.39. The number of fused-ring (bicyclic) bond motifs is 1. The number of alkyl halides is 2. The number of aromatic nitrogens is 2. The molecule has 6 heteroatoms. The van der Waals surface area contributed by atoms with Gasteiger partial charge in [-0.15, -0.1) is 0 Å². The molecule has 1 aromatic carbocycles. The number of aliphatic hydroxyl groups excluding tert-OH is 1. The van der Waals surface area contributed by atoms with Gasteiger partial charge in [0.25, 0.3) is 0 Å². The summed E-state index contributed by atoms with van der Waals surface area (Å²) in [6.07, 6.45) is 1.46. The predicted molar refractivity (Wildman–Crippen MR) is 85.4 cm³/mol. The van der Waals surface area contributed by atoms with E-state index in [0.29, 0.717) is 22.8 Å². The lowest BCUT2D eigenvalue weighted by Gasteiger charge is -2.36. The highest BCUT2D eigenvalue weighted by Gasteiger charge is 2.30. The summed E-state index contributed by atoms with van der Waals surface area (Å²) >= 11 is 0. The van der Waals surface area contributed by atoms with Gasteiger partial charge >= 0.3 is 6.55 Å². The number of rotatable bonds is 4. The highest BCUT2D eigenvalue weighted by Crippen LogP contribution is 2.32. The van der Waals surface area contributed by atoms with Gasteiger partial charge in [0.1, 0.15) is 5.82 Å². The molecule has 0 bridgehead atoms. The number of nitrogens with zero attached hydrogens (tertiary/aromatic N) is 3. The number of imidazole rings is 1. The lowest BCUT2D eigenvalue weighted by atomic mass is 9.91. The molecule has 0 aliphatic carbocycles. The summed E-state index contributed by atoms with van der Waals surface area (Å²) in [4.78, 5) is 6.63. The summed E-state index contributed by atoms with van der Waals surface area (Å²) in [6.45, 7) is 2.74. The first-order chi connectivity index (χ1) is 11.0. The van der Waals surface area contributed by atoms with Crippen LogP contribution in [0.15, 0.2) is 24.3 Å². The maximum atomic E-state index is 13.6. The minimum Gasteiger partial charge on any atom is -0.393 e. The Morgan fingerprint density at radius 3 is 2.43 bits per heavy atom. The van der Waals surface area contributed by atoms with E-state index in [1.165, 1.54) is 0 Å². The van der Waals surface area contributed by atoms with Crippen LogP contribution in [0.3, 0.4) is 0 Å². The van der Waals surface area contributed by atoms with Crippen LogP contribution in [0.25, 0.3) is 11.0 Å². The molecule has 1 aliphatic rings. The molecule has 2 heterocycles. The number of halogens is 2. The van der Waals surface area contributed by atoms with Crippen molar-refractivity contribution in [1.82, 2.24) is 14.5 Å². The first-order valence-corrected chi connectivity index (χ1v) is 8.16. The van der Waals surface area contributed by atoms with Gasteiger partial charge in [0, 0.05) is 0 Å². The van der Waals surface area contributed by atoms with E-state index in [4.69, 9.17) is 0 Å². The maximum Gasteiger partial charge on any atom is 0.320 e. The van der Waals surface area contributed by atoms with Gasteiger partial charge in [0.05, 0.1) is 23.2 Å². The van der Waals surface area contributed by atoms with Crippen molar-refractivity contribution in [1.29, 1.82) is 0 Å². The Bertz CT molecular complexity index is 663. The van der Waals surface area contributed by atoms with Crippen molar-refractivity contribution in [3.63, 3.8) is 0 Å². The molecule has 0 spiro atoms. The Morgan fingerprint density at radius 2 is 1.83 bits per heavy atom. The first-order valence-electron chi connectivity index (χ1n) is 8.16. The molecule has 2 unspecified atom stereocenters. The Hall–Kier alpha value is -1.53. The largest absolute Gasteiger partial charge is 0.393 e. The van der Waals surface area contributed by atoms with Crippen molar-refractivity contribution >= 4 is 11.0 Å². The number of para-hydroxylation sites is 2. The summed E-state index contributed by atoms with van der Waals surface area (Å²) in [5.41, 5.74) is 1.08. The van der Waals surface area contributed by atoms with Gasteiger partial charge in [0.15, 0.2) is 0 Å². The number of aliphatic hydroxyl groups is 1. The molecule has 126 valence electrons. The molecule has 0 radical (unpaired) electrons. The van der Waals surface area contributed by atoms with Crippen LogP contribution >= 0.6 is 0 Å². The quantitative estimate of drug-likeness (QED) is 0.935. The highest BCUT2D eigenvalue weighted by atomic mass is 19.3. The van der Waals surface area contributed by atoms with Crippen LogP contribution in [0.2, 0.25) is 0 Å². The molecule has 0 amide bonds. The third-order valence-corrected chi connectivity index (χ3v) is 5.00. The van der Waals surface area contributed by atoms with Crippen LogP contribution in [-0.4, -0.2) is 38.8 Å². The fourth-order valence-electron chi connectivity index (χ4n) is 3.52. The van der Waals surface area contributed by atoms with Gasteiger partial charge in [-0.05, 0) is 57.8 Å². The smallest absolute Gasteiger partial charge is 0.320 e. The molecule has 1 aliphatic heterocycles. The van der Waals surface area contributed by atoms with Gasteiger partial charge in [-0.3, -0.25) is 9.47 Å². The standard InChI is InChI=1S/C17H23F2N3O/c1-11(21-9-7-13(8-10-21)12(2)23)16-20-14-5-3-4-6-15(14)22(16)17(18)19/h3-6,11-13,17,23H,7-10H2,1-2H3. The van der Waals surface area contributed by atoms with Crippen LogP contribution in [0.1, 0.15) is 45.1 Å². The van der Waals surface area contributed by atoms with E-state index in [1.807, 2.05) is 19.9 Å². The Labute approximate surface area is 134 Å². The Balaban J connectivity index is 1.86. The number of hydrogen-bond donors (Lipinski definition) is 1. The zero-order chi connectivity index (χ0) is 16.6. The molecule has 3 rings (SSSR count). The predicted octanol–water partition coefficient (Wildman–Crippen LogP) is 3.59. The Morgan fingerprint density at radius 1 is 1.17 bits per heavy atom. The molecule has 1 fully saturated rings. The molecule has 1 saturated heterocycles. The number of likely N-dealkylation sites (tertiary alicyclic amines) is 1. The molecule has 4 nitrogen and oxygen atoms in total. The fourth-order valence-corrected chi connectivity index (χ4v) is 3.52. The maximum absolute atomic E-state index is 13.6. The minimum atomic E-state index is -2.60. The lowest BCUT2D eigenvalue weighted by molar-refractivity contribution is 0.0449. The molecule has 2 atom stereocenters. The van der Waals surface area contributed by atoms with Crippen LogP contribution in [0, 0.1) is 5.92 Å². The molecule has 23 heavy (non-hydrogen) atoms. The van der Waals surface area contributed by atoms with Gasteiger partial charge < -0.3 is 5.11 Å². The average molecular weight is 323 g/mol. The monoisotopic (exact) mass is 323 g/mol. The van der Waals surface area contributed by atoms with Crippen molar-refractivity contribution in [3.05, 3.63) is 30.1 Å². The number of hydrogen-bond acceptors (Lipinski definition) is 3. The summed E-state index contributed by atoms with van der Waals surface area (Å²) in [7, 11) is 0. The summed E-state index contributed by atoms with van der Waals surface area (Å²) in [5, 5.41) is 9.70. The van der Waals surface area contributed by atoms with E-state index in [1.54, 1.807) is 18.2 Å². The Kier molecular flexibility index (Phi) is 4.64. The molecule has 1 N–H and O–H groups in total. The van der Waals surface area contributed by atoms with E-state index in [2.05, 4.69) is 9.88 Å².